The number of rotatable bonds is 4. The lowest BCUT2D eigenvalue weighted by Gasteiger charge is -2.36. The minimum atomic E-state index is 0.283. The summed E-state index contributed by atoms with van der Waals surface area (Å²) in [4.78, 5) is 8.97. The van der Waals surface area contributed by atoms with Crippen LogP contribution in [0.1, 0.15) is 17.2 Å². The van der Waals surface area contributed by atoms with Crippen molar-refractivity contribution in [1.29, 1.82) is 0 Å². The van der Waals surface area contributed by atoms with Gasteiger partial charge in [0.2, 0.25) is 0 Å². The van der Waals surface area contributed by atoms with Crippen molar-refractivity contribution < 1.29 is 0 Å². The molecule has 4 heteroatoms. The molecule has 134 valence electrons. The van der Waals surface area contributed by atoms with Crippen LogP contribution in [0.5, 0.6) is 0 Å². The van der Waals surface area contributed by atoms with Crippen molar-refractivity contribution in [3.63, 3.8) is 0 Å². The number of benzene rings is 2. The zero-order valence-corrected chi connectivity index (χ0v) is 15.5. The van der Waals surface area contributed by atoms with Crippen molar-refractivity contribution in [2.45, 2.75) is 6.04 Å². The Bertz CT molecular complexity index is 867. The highest BCUT2D eigenvalue weighted by molar-refractivity contribution is 5.82. The van der Waals surface area contributed by atoms with Gasteiger partial charge in [-0.3, -0.25) is 9.88 Å². The molecule has 1 unspecified atom stereocenters. The van der Waals surface area contributed by atoms with Crippen LogP contribution in [-0.4, -0.2) is 50.2 Å². The molecule has 0 saturated carbocycles. The molecule has 1 N–H and O–H groups in total. The van der Waals surface area contributed by atoms with E-state index in [4.69, 9.17) is 0 Å². The van der Waals surface area contributed by atoms with Crippen LogP contribution in [0, 0.1) is 0 Å². The average Bonchev–Trinajstić information content (AvgIpc) is 2.69. The zero-order chi connectivity index (χ0) is 17.9. The van der Waals surface area contributed by atoms with E-state index in [1.807, 2.05) is 12.4 Å². The van der Waals surface area contributed by atoms with Crippen molar-refractivity contribution in [3.8, 4) is 0 Å². The highest BCUT2D eigenvalue weighted by Gasteiger charge is 2.24. The maximum atomic E-state index is 4.24. The van der Waals surface area contributed by atoms with E-state index in [1.54, 1.807) is 0 Å². The van der Waals surface area contributed by atoms with Crippen LogP contribution in [-0.2, 0) is 0 Å². The number of anilines is 1. The highest BCUT2D eigenvalue weighted by Crippen LogP contribution is 2.32. The summed E-state index contributed by atoms with van der Waals surface area (Å²) in [5.74, 6) is 0. The third kappa shape index (κ3) is 3.43. The Morgan fingerprint density at radius 3 is 2.38 bits per heavy atom. The van der Waals surface area contributed by atoms with Crippen LogP contribution in [0.4, 0.5) is 5.69 Å². The predicted molar refractivity (Wildman–Crippen MR) is 109 cm³/mol. The number of aromatic nitrogens is 1. The van der Waals surface area contributed by atoms with Gasteiger partial charge in [0.25, 0.3) is 0 Å². The number of piperazine rings is 1. The molecule has 0 bridgehead atoms. The number of fused-ring (bicyclic) bond motifs is 1. The van der Waals surface area contributed by atoms with Gasteiger partial charge in [0.15, 0.2) is 0 Å². The van der Waals surface area contributed by atoms with Crippen LogP contribution in [0.15, 0.2) is 60.9 Å². The lowest BCUT2D eigenvalue weighted by molar-refractivity contribution is 0.198. The minimum absolute atomic E-state index is 0.283. The lowest BCUT2D eigenvalue weighted by atomic mass is 9.94. The lowest BCUT2D eigenvalue weighted by Crippen LogP contribution is -2.45. The van der Waals surface area contributed by atoms with Crippen LogP contribution in [0.25, 0.3) is 10.8 Å². The molecule has 2 heterocycles. The number of hydrogen-bond donors (Lipinski definition) is 1. The normalized spacial score (nSPS) is 16.5. The molecule has 4 rings (SSSR count). The molecular weight excluding hydrogens is 320 g/mol. The van der Waals surface area contributed by atoms with Gasteiger partial charge in [-0.15, -0.1) is 0 Å². The number of hydrogen-bond acceptors (Lipinski definition) is 4. The minimum Gasteiger partial charge on any atom is -0.378 e. The molecule has 3 aromatic rings. The van der Waals surface area contributed by atoms with E-state index in [0.29, 0.717) is 0 Å². The molecular formula is C22H26N4. The van der Waals surface area contributed by atoms with E-state index in [1.165, 1.54) is 27.6 Å². The molecule has 26 heavy (non-hydrogen) atoms. The van der Waals surface area contributed by atoms with E-state index in [2.05, 4.69) is 82.7 Å². The molecule has 1 aliphatic heterocycles. The second-order valence-electron chi connectivity index (χ2n) is 7.16. The van der Waals surface area contributed by atoms with Gasteiger partial charge < -0.3 is 10.2 Å². The third-order valence-corrected chi connectivity index (χ3v) is 5.22. The second kappa shape index (κ2) is 7.44. The number of nitrogens with one attached hydrogen (secondary N) is 1. The summed E-state index contributed by atoms with van der Waals surface area (Å²) in [6.07, 6.45) is 3.81. The molecule has 1 aromatic heterocycles. The van der Waals surface area contributed by atoms with Gasteiger partial charge in [-0.1, -0.05) is 24.3 Å². The van der Waals surface area contributed by atoms with Gasteiger partial charge in [0, 0.05) is 63.7 Å². The van der Waals surface area contributed by atoms with Crippen LogP contribution < -0.4 is 10.2 Å². The van der Waals surface area contributed by atoms with Crippen LogP contribution >= 0.6 is 0 Å². The van der Waals surface area contributed by atoms with Crippen molar-refractivity contribution in [3.05, 3.63) is 72.1 Å². The molecule has 1 atom stereocenters. The monoisotopic (exact) mass is 346 g/mol. The van der Waals surface area contributed by atoms with Gasteiger partial charge in [-0.25, -0.2) is 0 Å². The fourth-order valence-electron chi connectivity index (χ4n) is 3.78. The number of pyridine rings is 1. The summed E-state index contributed by atoms with van der Waals surface area (Å²) in [5.41, 5.74) is 3.94. The van der Waals surface area contributed by atoms with Gasteiger partial charge >= 0.3 is 0 Å². The van der Waals surface area contributed by atoms with Gasteiger partial charge in [0.1, 0.15) is 0 Å². The van der Waals surface area contributed by atoms with E-state index in [-0.39, 0.29) is 6.04 Å². The standard InChI is InChI=1S/C22H26N4/c1-25(2)21-7-5-17(6-8-21)22(26-13-11-23-12-14-26)19-3-4-20-16-24-10-9-18(20)15-19/h3-10,15-16,22-23H,11-14H2,1-2H3. The third-order valence-electron chi connectivity index (χ3n) is 5.22. The predicted octanol–water partition coefficient (Wildman–Crippen LogP) is 3.30. The first-order valence-electron chi connectivity index (χ1n) is 9.28. The van der Waals surface area contributed by atoms with Crippen molar-refractivity contribution in [2.75, 3.05) is 45.2 Å². The summed E-state index contributed by atoms with van der Waals surface area (Å²) in [5, 5.41) is 5.91. The smallest absolute Gasteiger partial charge is 0.0602 e. The van der Waals surface area contributed by atoms with Crippen molar-refractivity contribution in [2.24, 2.45) is 0 Å². The first-order valence-corrected chi connectivity index (χ1v) is 9.28. The maximum absolute atomic E-state index is 4.24. The van der Waals surface area contributed by atoms with E-state index in [0.717, 1.165) is 26.2 Å². The maximum Gasteiger partial charge on any atom is 0.0602 e. The molecule has 4 nitrogen and oxygen atoms in total. The fourth-order valence-corrected chi connectivity index (χ4v) is 3.78. The Morgan fingerprint density at radius 2 is 1.65 bits per heavy atom. The Hall–Kier alpha value is -2.43. The summed E-state index contributed by atoms with van der Waals surface area (Å²) < 4.78 is 0. The molecule has 1 saturated heterocycles. The molecule has 1 fully saturated rings. The van der Waals surface area contributed by atoms with E-state index < -0.39 is 0 Å². The van der Waals surface area contributed by atoms with Crippen LogP contribution in [0.2, 0.25) is 0 Å². The van der Waals surface area contributed by atoms with Gasteiger partial charge in [-0.2, -0.15) is 0 Å². The zero-order valence-electron chi connectivity index (χ0n) is 15.5. The highest BCUT2D eigenvalue weighted by atomic mass is 15.2. The summed E-state index contributed by atoms with van der Waals surface area (Å²) in [6.45, 7) is 4.22. The van der Waals surface area contributed by atoms with E-state index >= 15 is 0 Å². The summed E-state index contributed by atoms with van der Waals surface area (Å²) in [6, 6.07) is 18.2. The summed E-state index contributed by atoms with van der Waals surface area (Å²) >= 11 is 0. The Balaban J connectivity index is 1.76. The molecule has 2 aromatic carbocycles. The first kappa shape index (κ1) is 17.0. The Labute approximate surface area is 155 Å². The quantitative estimate of drug-likeness (QED) is 0.785. The second-order valence-corrected chi connectivity index (χ2v) is 7.16. The van der Waals surface area contributed by atoms with E-state index in [9.17, 15) is 0 Å². The molecule has 0 amide bonds. The average molecular weight is 346 g/mol. The largest absolute Gasteiger partial charge is 0.378 e. The fraction of sp³-hybridized carbons (Fsp3) is 0.318. The molecule has 0 aliphatic carbocycles. The molecule has 1 aliphatic rings. The summed E-state index contributed by atoms with van der Waals surface area (Å²) in [7, 11) is 4.17. The van der Waals surface area contributed by atoms with Crippen LogP contribution in [0.3, 0.4) is 0 Å². The van der Waals surface area contributed by atoms with Crippen molar-refractivity contribution >= 4 is 16.5 Å². The Kier molecular flexibility index (Phi) is 4.87. The molecule has 0 radical (unpaired) electrons. The first-order chi connectivity index (χ1) is 12.7. The topological polar surface area (TPSA) is 31.4 Å². The van der Waals surface area contributed by atoms with Gasteiger partial charge in [0.05, 0.1) is 6.04 Å². The number of nitrogens with zero attached hydrogens (tertiary/aromatic N) is 3. The van der Waals surface area contributed by atoms with Crippen molar-refractivity contribution in [1.82, 2.24) is 15.2 Å². The van der Waals surface area contributed by atoms with Gasteiger partial charge in [-0.05, 0) is 40.8 Å². The molecule has 0 spiro atoms. The SMILES string of the molecule is CN(C)c1ccc(C(c2ccc3cnccc3c2)N2CCNCC2)cc1. The Morgan fingerprint density at radius 1 is 0.923 bits per heavy atom.